The van der Waals surface area contributed by atoms with Crippen molar-refractivity contribution in [1.82, 2.24) is 0 Å². The quantitative estimate of drug-likeness (QED) is 0.414. The number of fused-ring (bicyclic) bond motifs is 4. The maximum atomic E-state index is 12.1. The van der Waals surface area contributed by atoms with Gasteiger partial charge in [-0.2, -0.15) is 0 Å². The van der Waals surface area contributed by atoms with Gasteiger partial charge in [-0.05, 0) is 26.7 Å². The first-order chi connectivity index (χ1) is 10.7. The van der Waals surface area contributed by atoms with Crippen LogP contribution in [0.5, 0.6) is 0 Å². The van der Waals surface area contributed by atoms with Crippen molar-refractivity contribution in [3.8, 4) is 0 Å². The van der Waals surface area contributed by atoms with Gasteiger partial charge in [0.1, 0.15) is 18.3 Å². The first-order valence-corrected chi connectivity index (χ1v) is 8.16. The summed E-state index contributed by atoms with van der Waals surface area (Å²) in [6.07, 6.45) is 1.34. The molecule has 4 rings (SSSR count). The number of ether oxygens (including phenoxy) is 4. The molecule has 1 aliphatic carbocycles. The standard InChI is InChI=1S/C17H22O6/c1-8-12-10(20-9(2)18)7-17(4)11(22-17)5-6-16(3)14(23-16)13(12)21-15(8)19/h10-14H,1,5-7H2,2-4H3/t10?,11-,12-,13+,14-,16-,17-/m1/s1. The van der Waals surface area contributed by atoms with Gasteiger partial charge in [0.2, 0.25) is 0 Å². The molecule has 4 aliphatic rings. The zero-order chi connectivity index (χ0) is 16.6. The Morgan fingerprint density at radius 3 is 2.74 bits per heavy atom. The van der Waals surface area contributed by atoms with Gasteiger partial charge in [-0.1, -0.05) is 6.58 Å². The van der Waals surface area contributed by atoms with E-state index in [-0.39, 0.29) is 35.3 Å². The van der Waals surface area contributed by atoms with E-state index in [2.05, 4.69) is 6.58 Å². The molecule has 1 saturated carbocycles. The van der Waals surface area contributed by atoms with Crippen molar-refractivity contribution in [2.75, 3.05) is 0 Å². The second kappa shape index (κ2) is 4.57. The minimum Gasteiger partial charge on any atom is -0.462 e. The van der Waals surface area contributed by atoms with Gasteiger partial charge in [-0.25, -0.2) is 4.79 Å². The van der Waals surface area contributed by atoms with E-state index in [0.29, 0.717) is 12.0 Å². The summed E-state index contributed by atoms with van der Waals surface area (Å²) < 4.78 is 22.8. The van der Waals surface area contributed by atoms with Crippen LogP contribution in [-0.4, -0.2) is 47.6 Å². The Bertz CT molecular complexity index is 600. The summed E-state index contributed by atoms with van der Waals surface area (Å²) in [5.41, 5.74) is -0.270. The molecule has 23 heavy (non-hydrogen) atoms. The summed E-state index contributed by atoms with van der Waals surface area (Å²) in [6.45, 7) is 9.31. The largest absolute Gasteiger partial charge is 0.462 e. The van der Waals surface area contributed by atoms with Gasteiger partial charge < -0.3 is 18.9 Å². The second-order valence-corrected chi connectivity index (χ2v) is 7.58. The van der Waals surface area contributed by atoms with E-state index in [1.807, 2.05) is 13.8 Å². The van der Waals surface area contributed by atoms with Gasteiger partial charge in [0.15, 0.2) is 0 Å². The minimum atomic E-state index is -0.488. The minimum absolute atomic E-state index is 0.144. The van der Waals surface area contributed by atoms with E-state index in [4.69, 9.17) is 18.9 Å². The Hall–Kier alpha value is -1.40. The SMILES string of the molecule is C=C1C(=O)O[C@H]2[C@H]1C(OC(C)=O)C[C@@]1(C)O[C@@H]1CC[C@@]1(C)O[C@H]21. The normalized spacial score (nSPS) is 51.0. The second-order valence-electron chi connectivity index (χ2n) is 7.58. The molecule has 0 N–H and O–H groups in total. The van der Waals surface area contributed by atoms with E-state index < -0.39 is 18.2 Å². The predicted octanol–water partition coefficient (Wildman–Crippen LogP) is 1.51. The molecule has 3 aliphatic heterocycles. The van der Waals surface area contributed by atoms with Crippen LogP contribution in [0.15, 0.2) is 12.2 Å². The number of hydrogen-bond donors (Lipinski definition) is 0. The summed E-state index contributed by atoms with van der Waals surface area (Å²) >= 11 is 0. The van der Waals surface area contributed by atoms with Gasteiger partial charge in [-0.3, -0.25) is 4.79 Å². The number of carbonyl (C=O) groups is 2. The Labute approximate surface area is 135 Å². The molecule has 0 amide bonds. The Morgan fingerprint density at radius 1 is 1.30 bits per heavy atom. The van der Waals surface area contributed by atoms with Crippen molar-refractivity contribution < 1.29 is 28.5 Å². The summed E-state index contributed by atoms with van der Waals surface area (Å²) in [7, 11) is 0. The summed E-state index contributed by atoms with van der Waals surface area (Å²) in [6, 6.07) is 0. The topological polar surface area (TPSA) is 77.7 Å². The average molecular weight is 322 g/mol. The fraction of sp³-hybridized carbons (Fsp3) is 0.765. The van der Waals surface area contributed by atoms with Crippen molar-refractivity contribution in [2.45, 2.75) is 75.7 Å². The van der Waals surface area contributed by atoms with E-state index in [0.717, 1.165) is 12.8 Å². The fourth-order valence-electron chi connectivity index (χ4n) is 4.27. The number of carbonyl (C=O) groups excluding carboxylic acids is 2. The van der Waals surface area contributed by atoms with Crippen LogP contribution in [0, 0.1) is 5.92 Å². The van der Waals surface area contributed by atoms with Gasteiger partial charge in [0.25, 0.3) is 0 Å². The van der Waals surface area contributed by atoms with Crippen molar-refractivity contribution >= 4 is 11.9 Å². The third kappa shape index (κ3) is 2.31. The van der Waals surface area contributed by atoms with E-state index in [9.17, 15) is 9.59 Å². The van der Waals surface area contributed by atoms with Gasteiger partial charge in [0, 0.05) is 18.9 Å². The van der Waals surface area contributed by atoms with Crippen LogP contribution in [0.1, 0.15) is 40.0 Å². The van der Waals surface area contributed by atoms with Crippen LogP contribution in [0.4, 0.5) is 0 Å². The average Bonchev–Trinajstić information content (AvgIpc) is 3.27. The van der Waals surface area contributed by atoms with Crippen LogP contribution < -0.4 is 0 Å². The van der Waals surface area contributed by atoms with Gasteiger partial charge >= 0.3 is 11.9 Å². The highest BCUT2D eigenvalue weighted by Crippen LogP contribution is 2.54. The van der Waals surface area contributed by atoms with Crippen LogP contribution in [0.2, 0.25) is 0 Å². The highest BCUT2D eigenvalue weighted by atomic mass is 16.7. The molecule has 6 nitrogen and oxygen atoms in total. The molecule has 0 radical (unpaired) electrons. The van der Waals surface area contributed by atoms with E-state index in [1.165, 1.54) is 6.92 Å². The lowest BCUT2D eigenvalue weighted by Crippen LogP contribution is -2.40. The number of epoxide rings is 2. The smallest absolute Gasteiger partial charge is 0.334 e. The number of hydrogen-bond acceptors (Lipinski definition) is 6. The molecule has 7 atom stereocenters. The molecular formula is C17H22O6. The van der Waals surface area contributed by atoms with Crippen LogP contribution in [0.25, 0.3) is 0 Å². The Kier molecular flexibility index (Phi) is 3.01. The van der Waals surface area contributed by atoms with Crippen molar-refractivity contribution in [1.29, 1.82) is 0 Å². The summed E-state index contributed by atoms with van der Waals surface area (Å²) in [5, 5.41) is 0. The first-order valence-electron chi connectivity index (χ1n) is 8.16. The molecule has 126 valence electrons. The summed E-state index contributed by atoms with van der Waals surface area (Å²) in [4.78, 5) is 23.6. The molecule has 0 bridgehead atoms. The maximum Gasteiger partial charge on any atom is 0.334 e. The zero-order valence-corrected chi connectivity index (χ0v) is 13.7. The first kappa shape index (κ1) is 15.1. The zero-order valence-electron chi connectivity index (χ0n) is 13.7. The Morgan fingerprint density at radius 2 is 2.04 bits per heavy atom. The molecule has 6 heteroatoms. The lowest BCUT2D eigenvalue weighted by Gasteiger charge is -2.28. The Balaban J connectivity index is 1.69. The molecule has 3 heterocycles. The maximum absolute atomic E-state index is 12.1. The lowest BCUT2D eigenvalue weighted by atomic mass is 9.79. The molecular weight excluding hydrogens is 300 g/mol. The van der Waals surface area contributed by atoms with Crippen molar-refractivity contribution in [3.63, 3.8) is 0 Å². The molecule has 3 saturated heterocycles. The predicted molar refractivity (Wildman–Crippen MR) is 78.5 cm³/mol. The van der Waals surface area contributed by atoms with Crippen molar-refractivity contribution in [3.05, 3.63) is 12.2 Å². The molecule has 0 aromatic carbocycles. The summed E-state index contributed by atoms with van der Waals surface area (Å²) in [5.74, 6) is -1.18. The lowest BCUT2D eigenvalue weighted by molar-refractivity contribution is -0.151. The molecule has 1 unspecified atom stereocenters. The monoisotopic (exact) mass is 322 g/mol. The van der Waals surface area contributed by atoms with Crippen LogP contribution in [0.3, 0.4) is 0 Å². The molecule has 4 fully saturated rings. The molecule has 0 aromatic heterocycles. The molecule has 0 aromatic rings. The highest BCUT2D eigenvalue weighted by Gasteiger charge is 2.66. The van der Waals surface area contributed by atoms with Gasteiger partial charge in [-0.15, -0.1) is 0 Å². The van der Waals surface area contributed by atoms with E-state index in [1.54, 1.807) is 0 Å². The van der Waals surface area contributed by atoms with Crippen LogP contribution >= 0.6 is 0 Å². The third-order valence-corrected chi connectivity index (χ3v) is 5.76. The number of rotatable bonds is 1. The van der Waals surface area contributed by atoms with Crippen LogP contribution in [-0.2, 0) is 28.5 Å². The van der Waals surface area contributed by atoms with E-state index >= 15 is 0 Å². The number of esters is 2. The van der Waals surface area contributed by atoms with Gasteiger partial charge in [0.05, 0.1) is 23.2 Å². The fourth-order valence-corrected chi connectivity index (χ4v) is 4.27. The highest BCUT2D eigenvalue weighted by molar-refractivity contribution is 5.91. The molecule has 0 spiro atoms. The third-order valence-electron chi connectivity index (χ3n) is 5.76. The van der Waals surface area contributed by atoms with Crippen molar-refractivity contribution in [2.24, 2.45) is 5.92 Å².